The summed E-state index contributed by atoms with van der Waals surface area (Å²) in [5, 5.41) is 10.8. The Bertz CT molecular complexity index is 750. The first-order valence-corrected chi connectivity index (χ1v) is 10.3. The van der Waals surface area contributed by atoms with Crippen LogP contribution < -0.4 is 0 Å². The zero-order valence-electron chi connectivity index (χ0n) is 17.0. The number of nitrogens with zero attached hydrogens (tertiary/aromatic N) is 2. The fourth-order valence-electron chi connectivity index (χ4n) is 3.82. The van der Waals surface area contributed by atoms with Gasteiger partial charge in [-0.1, -0.05) is 80.9 Å². The summed E-state index contributed by atoms with van der Waals surface area (Å²) in [6.45, 7) is 10.6. The van der Waals surface area contributed by atoms with Gasteiger partial charge in [-0.3, -0.25) is 4.90 Å². The first kappa shape index (κ1) is 21.5. The van der Waals surface area contributed by atoms with Crippen molar-refractivity contribution in [3.63, 3.8) is 0 Å². The molecule has 0 saturated heterocycles. The zero-order chi connectivity index (χ0) is 19.9. The molecule has 0 saturated carbocycles. The highest BCUT2D eigenvalue weighted by Gasteiger charge is 2.37. The molecule has 2 atom stereocenters. The van der Waals surface area contributed by atoms with Gasteiger partial charge in [-0.05, 0) is 49.4 Å². The minimum Gasteiger partial charge on any atom is -0.297 e. The minimum atomic E-state index is -0.557. The average molecular weight is 383 g/mol. The molecule has 2 rings (SSSR count). The monoisotopic (exact) mass is 382 g/mol. The lowest BCUT2D eigenvalue weighted by Crippen LogP contribution is -2.37. The van der Waals surface area contributed by atoms with Crippen LogP contribution in [0.2, 0.25) is 5.02 Å². The van der Waals surface area contributed by atoms with Gasteiger partial charge in [0.1, 0.15) is 0 Å². The fraction of sp³-hybridized carbons (Fsp3) is 0.458. The fourth-order valence-corrected chi connectivity index (χ4v) is 4.12. The van der Waals surface area contributed by atoms with Gasteiger partial charge in [0, 0.05) is 17.6 Å². The molecule has 0 aliphatic rings. The summed E-state index contributed by atoms with van der Waals surface area (Å²) >= 11 is 6.48. The summed E-state index contributed by atoms with van der Waals surface area (Å²) in [4.78, 5) is 2.48. The van der Waals surface area contributed by atoms with Gasteiger partial charge in [0.2, 0.25) is 0 Å². The summed E-state index contributed by atoms with van der Waals surface area (Å²) in [7, 11) is 0. The first-order valence-electron chi connectivity index (χ1n) is 9.88. The van der Waals surface area contributed by atoms with Crippen LogP contribution in [0.3, 0.4) is 0 Å². The Kier molecular flexibility index (Phi) is 7.90. The van der Waals surface area contributed by atoms with Gasteiger partial charge in [-0.2, -0.15) is 5.26 Å². The Morgan fingerprint density at radius 2 is 1.67 bits per heavy atom. The molecule has 0 N–H and O–H groups in total. The van der Waals surface area contributed by atoms with Crippen molar-refractivity contribution in [1.29, 1.82) is 5.26 Å². The van der Waals surface area contributed by atoms with E-state index in [9.17, 15) is 5.26 Å². The lowest BCUT2D eigenvalue weighted by atomic mass is 9.69. The molecule has 0 amide bonds. The average Bonchev–Trinajstić information content (AvgIpc) is 2.68. The summed E-state index contributed by atoms with van der Waals surface area (Å²) in [6.07, 6.45) is 1.76. The van der Waals surface area contributed by atoms with E-state index >= 15 is 0 Å². The zero-order valence-corrected chi connectivity index (χ0v) is 17.7. The lowest BCUT2D eigenvalue weighted by molar-refractivity contribution is 0.186. The van der Waals surface area contributed by atoms with E-state index in [0.717, 1.165) is 31.5 Å². The topological polar surface area (TPSA) is 27.0 Å². The molecule has 0 aliphatic carbocycles. The summed E-state index contributed by atoms with van der Waals surface area (Å²) in [5.74, 6) is 0.193. The van der Waals surface area contributed by atoms with E-state index in [1.54, 1.807) is 0 Å². The number of rotatable bonds is 9. The van der Waals surface area contributed by atoms with Crippen LogP contribution in [-0.2, 0) is 12.0 Å². The standard InChI is InChI=1S/C24H31ClN2/c1-5-27(17-21-11-7-6-8-12-21)20(4)15-16-24(18-26,19(2)3)22-13-9-10-14-23(22)25/h6-14,19-20H,5,15-17H2,1-4H3. The predicted molar refractivity (Wildman–Crippen MR) is 115 cm³/mol. The number of hydrogen-bond donors (Lipinski definition) is 0. The Labute approximate surface area is 169 Å². The van der Waals surface area contributed by atoms with Gasteiger partial charge in [0.05, 0.1) is 11.5 Å². The third-order valence-corrected chi connectivity index (χ3v) is 6.08. The van der Waals surface area contributed by atoms with E-state index in [0.29, 0.717) is 11.1 Å². The maximum Gasteiger partial charge on any atom is 0.0860 e. The van der Waals surface area contributed by atoms with Crippen molar-refractivity contribution >= 4 is 11.6 Å². The van der Waals surface area contributed by atoms with Crippen LogP contribution in [0, 0.1) is 17.2 Å². The SMILES string of the molecule is CCN(Cc1ccccc1)C(C)CCC(C#N)(c1ccccc1Cl)C(C)C. The molecule has 0 aliphatic heterocycles. The van der Waals surface area contributed by atoms with Crippen molar-refractivity contribution in [2.45, 2.75) is 58.5 Å². The number of hydrogen-bond acceptors (Lipinski definition) is 2. The second-order valence-electron chi connectivity index (χ2n) is 7.65. The van der Waals surface area contributed by atoms with Gasteiger partial charge < -0.3 is 0 Å². The van der Waals surface area contributed by atoms with Crippen LogP contribution in [0.15, 0.2) is 54.6 Å². The van der Waals surface area contributed by atoms with Crippen LogP contribution in [0.4, 0.5) is 0 Å². The summed E-state index contributed by atoms with van der Waals surface area (Å²) in [5.41, 5.74) is 1.73. The molecule has 0 radical (unpaired) electrons. The van der Waals surface area contributed by atoms with Crippen molar-refractivity contribution in [1.82, 2.24) is 4.90 Å². The molecule has 0 aromatic heterocycles. The van der Waals surface area contributed by atoms with Gasteiger partial charge in [-0.25, -0.2) is 0 Å². The van der Waals surface area contributed by atoms with Gasteiger partial charge in [0.25, 0.3) is 0 Å². The Hall–Kier alpha value is -1.82. The molecule has 0 heterocycles. The van der Waals surface area contributed by atoms with Crippen LogP contribution in [-0.4, -0.2) is 17.5 Å². The quantitative estimate of drug-likeness (QED) is 0.498. The van der Waals surface area contributed by atoms with Gasteiger partial charge in [0.15, 0.2) is 0 Å². The molecule has 2 unspecified atom stereocenters. The Balaban J connectivity index is 2.16. The first-order chi connectivity index (χ1) is 12.9. The van der Waals surface area contributed by atoms with Crippen LogP contribution in [0.1, 0.15) is 51.7 Å². The third kappa shape index (κ3) is 5.12. The molecular weight excluding hydrogens is 352 g/mol. The number of nitriles is 1. The largest absolute Gasteiger partial charge is 0.297 e. The smallest absolute Gasteiger partial charge is 0.0860 e. The van der Waals surface area contributed by atoms with Crippen LogP contribution in [0.5, 0.6) is 0 Å². The molecule has 0 bridgehead atoms. The second kappa shape index (κ2) is 9.93. The Morgan fingerprint density at radius 1 is 1.04 bits per heavy atom. The predicted octanol–water partition coefficient (Wildman–Crippen LogP) is 6.45. The lowest BCUT2D eigenvalue weighted by Gasteiger charge is -2.35. The van der Waals surface area contributed by atoms with E-state index < -0.39 is 5.41 Å². The number of benzene rings is 2. The van der Waals surface area contributed by atoms with Crippen LogP contribution in [0.25, 0.3) is 0 Å². The maximum atomic E-state index is 10.1. The molecular formula is C24H31ClN2. The summed E-state index contributed by atoms with van der Waals surface area (Å²) < 4.78 is 0. The highest BCUT2D eigenvalue weighted by molar-refractivity contribution is 6.31. The molecule has 27 heavy (non-hydrogen) atoms. The van der Waals surface area contributed by atoms with E-state index in [1.165, 1.54) is 5.56 Å². The molecule has 0 spiro atoms. The summed E-state index contributed by atoms with van der Waals surface area (Å²) in [6, 6.07) is 21.4. The molecule has 3 heteroatoms. The Morgan fingerprint density at radius 3 is 2.22 bits per heavy atom. The van der Waals surface area contributed by atoms with E-state index in [-0.39, 0.29) is 5.92 Å². The molecule has 144 valence electrons. The van der Waals surface area contributed by atoms with Crippen molar-refractivity contribution < 1.29 is 0 Å². The normalized spacial score (nSPS) is 14.7. The van der Waals surface area contributed by atoms with Crippen molar-refractivity contribution in [2.75, 3.05) is 6.54 Å². The highest BCUT2D eigenvalue weighted by Crippen LogP contribution is 2.40. The van der Waals surface area contributed by atoms with Crippen molar-refractivity contribution in [3.05, 3.63) is 70.7 Å². The molecule has 2 nitrogen and oxygen atoms in total. The molecule has 0 fully saturated rings. The van der Waals surface area contributed by atoms with Crippen molar-refractivity contribution in [2.24, 2.45) is 5.92 Å². The second-order valence-corrected chi connectivity index (χ2v) is 8.06. The van der Waals surface area contributed by atoms with Gasteiger partial charge >= 0.3 is 0 Å². The molecule has 2 aromatic carbocycles. The minimum absolute atomic E-state index is 0.193. The highest BCUT2D eigenvalue weighted by atomic mass is 35.5. The van der Waals surface area contributed by atoms with Gasteiger partial charge in [-0.15, -0.1) is 0 Å². The molecule has 2 aromatic rings. The van der Waals surface area contributed by atoms with Crippen molar-refractivity contribution in [3.8, 4) is 6.07 Å². The van der Waals surface area contributed by atoms with E-state index in [2.05, 4.69) is 69.0 Å². The number of halogens is 1. The van der Waals surface area contributed by atoms with E-state index in [4.69, 9.17) is 11.6 Å². The van der Waals surface area contributed by atoms with E-state index in [1.807, 2.05) is 24.3 Å². The van der Waals surface area contributed by atoms with Crippen LogP contribution >= 0.6 is 11.6 Å². The third-order valence-electron chi connectivity index (χ3n) is 5.75. The maximum absolute atomic E-state index is 10.1.